The highest BCUT2D eigenvalue weighted by molar-refractivity contribution is 7.18. The summed E-state index contributed by atoms with van der Waals surface area (Å²) in [5.41, 5.74) is 0.699. The second kappa shape index (κ2) is 5.78. The molecular weight excluding hydrogens is 346 g/mol. The maximum atomic E-state index is 13.9. The fourth-order valence-electron chi connectivity index (χ4n) is 2.65. The molecule has 0 aliphatic rings. The van der Waals surface area contributed by atoms with Crippen LogP contribution >= 0.6 is 11.3 Å². The van der Waals surface area contributed by atoms with Crippen molar-refractivity contribution in [1.29, 1.82) is 0 Å². The predicted octanol–water partition coefficient (Wildman–Crippen LogP) is 5.17. The smallest absolute Gasteiger partial charge is 0.335 e. The van der Waals surface area contributed by atoms with Crippen LogP contribution in [0.3, 0.4) is 0 Å². The van der Waals surface area contributed by atoms with E-state index in [2.05, 4.69) is 10.3 Å². The average Bonchev–Trinajstić information content (AvgIpc) is 3.07. The quantitative estimate of drug-likeness (QED) is 0.532. The van der Waals surface area contributed by atoms with Gasteiger partial charge in [0.15, 0.2) is 0 Å². The first-order chi connectivity index (χ1) is 12.0. The molecule has 7 heteroatoms. The van der Waals surface area contributed by atoms with E-state index >= 15 is 0 Å². The molecule has 124 valence electrons. The van der Waals surface area contributed by atoms with Gasteiger partial charge in [0.25, 0.3) is 0 Å². The molecule has 0 aliphatic carbocycles. The molecule has 0 atom stereocenters. The third-order valence-electron chi connectivity index (χ3n) is 3.83. The summed E-state index contributed by atoms with van der Waals surface area (Å²) in [4.78, 5) is 15.6. The number of aromatic carboxylic acids is 1. The fraction of sp³-hybridized carbons (Fsp3) is 0. The lowest BCUT2D eigenvalue weighted by Gasteiger charge is -2.10. The first kappa shape index (κ1) is 15.5. The Bertz CT molecular complexity index is 1140. The number of carboxylic acids is 1. The molecule has 0 aliphatic heterocycles. The number of fused-ring (bicyclic) bond motifs is 3. The highest BCUT2D eigenvalue weighted by atomic mass is 32.1. The van der Waals surface area contributed by atoms with Gasteiger partial charge in [0, 0.05) is 21.5 Å². The van der Waals surface area contributed by atoms with Crippen LogP contribution in [0.4, 0.5) is 20.3 Å². The van der Waals surface area contributed by atoms with Gasteiger partial charge in [0.05, 0.1) is 16.8 Å². The number of pyridine rings is 1. The zero-order chi connectivity index (χ0) is 17.6. The summed E-state index contributed by atoms with van der Waals surface area (Å²) in [5.74, 6) is -2.06. The van der Waals surface area contributed by atoms with Crippen molar-refractivity contribution in [3.8, 4) is 0 Å². The van der Waals surface area contributed by atoms with Crippen LogP contribution < -0.4 is 5.32 Å². The van der Waals surface area contributed by atoms with E-state index in [9.17, 15) is 13.6 Å². The van der Waals surface area contributed by atoms with Gasteiger partial charge in [-0.05, 0) is 35.7 Å². The van der Waals surface area contributed by atoms with Gasteiger partial charge >= 0.3 is 5.97 Å². The number of carboxylic acid groups (broad SMARTS) is 1. The maximum Gasteiger partial charge on any atom is 0.335 e. The summed E-state index contributed by atoms with van der Waals surface area (Å²) in [5, 5.41) is 15.5. The van der Waals surface area contributed by atoms with E-state index in [0.717, 1.165) is 27.6 Å². The predicted molar refractivity (Wildman–Crippen MR) is 93.7 cm³/mol. The first-order valence-electron chi connectivity index (χ1n) is 7.29. The van der Waals surface area contributed by atoms with Crippen LogP contribution in [0, 0.1) is 11.6 Å². The minimum absolute atomic E-state index is 0.0927. The van der Waals surface area contributed by atoms with Gasteiger partial charge in [-0.15, -0.1) is 11.3 Å². The van der Waals surface area contributed by atoms with E-state index in [1.165, 1.54) is 29.5 Å². The number of thiophene rings is 1. The van der Waals surface area contributed by atoms with Crippen molar-refractivity contribution < 1.29 is 18.7 Å². The minimum atomic E-state index is -1.05. The van der Waals surface area contributed by atoms with Crippen LogP contribution in [0.1, 0.15) is 10.4 Å². The van der Waals surface area contributed by atoms with Crippen LogP contribution in [-0.4, -0.2) is 16.1 Å². The Hall–Kier alpha value is -3.06. The highest BCUT2D eigenvalue weighted by Gasteiger charge is 2.13. The lowest BCUT2D eigenvalue weighted by molar-refractivity contribution is 0.0697. The summed E-state index contributed by atoms with van der Waals surface area (Å²) >= 11 is 1.48. The second-order valence-corrected chi connectivity index (χ2v) is 6.33. The Morgan fingerprint density at radius 3 is 2.68 bits per heavy atom. The summed E-state index contributed by atoms with van der Waals surface area (Å²) in [6.07, 6.45) is 0. The summed E-state index contributed by atoms with van der Waals surface area (Å²) in [7, 11) is 0. The van der Waals surface area contributed by atoms with Gasteiger partial charge in [0.1, 0.15) is 17.5 Å². The third kappa shape index (κ3) is 2.68. The molecule has 2 heterocycles. The molecule has 2 aromatic carbocycles. The molecule has 0 saturated carbocycles. The van der Waals surface area contributed by atoms with Crippen molar-refractivity contribution in [2.75, 3.05) is 5.32 Å². The molecule has 0 radical (unpaired) electrons. The summed E-state index contributed by atoms with van der Waals surface area (Å²) in [6, 6.07) is 9.80. The van der Waals surface area contributed by atoms with Crippen LogP contribution in [0.25, 0.3) is 21.0 Å². The van der Waals surface area contributed by atoms with Gasteiger partial charge in [0.2, 0.25) is 0 Å². The zero-order valence-corrected chi connectivity index (χ0v) is 13.4. The van der Waals surface area contributed by atoms with Gasteiger partial charge in [-0.1, -0.05) is 6.07 Å². The molecule has 0 bridgehead atoms. The normalized spacial score (nSPS) is 11.1. The Morgan fingerprint density at radius 1 is 1.08 bits per heavy atom. The Balaban J connectivity index is 1.91. The number of aromatic nitrogens is 1. The van der Waals surface area contributed by atoms with Crippen molar-refractivity contribution in [2.45, 2.75) is 0 Å². The molecule has 2 N–H and O–H groups in total. The molecule has 0 fully saturated rings. The van der Waals surface area contributed by atoms with Gasteiger partial charge in [-0.3, -0.25) is 0 Å². The molecule has 4 rings (SSSR count). The van der Waals surface area contributed by atoms with Gasteiger partial charge < -0.3 is 10.4 Å². The fourth-order valence-corrected chi connectivity index (χ4v) is 3.58. The van der Waals surface area contributed by atoms with Crippen LogP contribution in [0.15, 0.2) is 47.8 Å². The number of nitrogens with one attached hydrogen (secondary N) is 1. The number of hydrogen-bond acceptors (Lipinski definition) is 4. The molecule has 0 spiro atoms. The first-order valence-corrected chi connectivity index (χ1v) is 8.17. The lowest BCUT2D eigenvalue weighted by atomic mass is 10.1. The Morgan fingerprint density at radius 2 is 1.92 bits per heavy atom. The molecule has 25 heavy (non-hydrogen) atoms. The second-order valence-electron chi connectivity index (χ2n) is 5.41. The largest absolute Gasteiger partial charge is 0.478 e. The molecular formula is C18H10F2N2O2S. The van der Waals surface area contributed by atoms with Crippen LogP contribution in [0.5, 0.6) is 0 Å². The number of carbonyl (C=O) groups is 1. The number of anilines is 2. The SMILES string of the molecule is O=C(O)c1ccc2c(c1)nc(Nc1ccc(F)cc1F)c1ccsc12. The van der Waals surface area contributed by atoms with Gasteiger partial charge in [-0.2, -0.15) is 0 Å². The molecule has 0 unspecified atom stereocenters. The van der Waals surface area contributed by atoms with E-state index in [4.69, 9.17) is 5.11 Å². The van der Waals surface area contributed by atoms with Crippen LogP contribution in [0.2, 0.25) is 0 Å². The molecule has 4 aromatic rings. The van der Waals surface area contributed by atoms with E-state index in [-0.39, 0.29) is 11.3 Å². The van der Waals surface area contributed by atoms with E-state index in [1.807, 2.05) is 11.4 Å². The lowest BCUT2D eigenvalue weighted by Crippen LogP contribution is -1.99. The van der Waals surface area contributed by atoms with Crippen molar-refractivity contribution in [1.82, 2.24) is 4.98 Å². The molecule has 2 aromatic heterocycles. The minimum Gasteiger partial charge on any atom is -0.478 e. The Labute approximate surface area is 144 Å². The van der Waals surface area contributed by atoms with E-state index in [0.29, 0.717) is 11.3 Å². The summed E-state index contributed by atoms with van der Waals surface area (Å²) < 4.78 is 27.9. The molecule has 0 saturated heterocycles. The number of rotatable bonds is 3. The van der Waals surface area contributed by atoms with E-state index in [1.54, 1.807) is 6.07 Å². The van der Waals surface area contributed by atoms with Crippen molar-refractivity contribution in [2.24, 2.45) is 0 Å². The van der Waals surface area contributed by atoms with Crippen molar-refractivity contribution in [3.63, 3.8) is 0 Å². The van der Waals surface area contributed by atoms with Crippen molar-refractivity contribution in [3.05, 3.63) is 65.0 Å². The van der Waals surface area contributed by atoms with Crippen molar-refractivity contribution >= 4 is 49.8 Å². The van der Waals surface area contributed by atoms with Crippen LogP contribution in [-0.2, 0) is 0 Å². The van der Waals surface area contributed by atoms with E-state index < -0.39 is 17.6 Å². The van der Waals surface area contributed by atoms with Gasteiger partial charge in [-0.25, -0.2) is 18.6 Å². The third-order valence-corrected chi connectivity index (χ3v) is 4.77. The summed E-state index contributed by atoms with van der Waals surface area (Å²) in [6.45, 7) is 0. The number of halogens is 2. The average molecular weight is 356 g/mol. The highest BCUT2D eigenvalue weighted by Crippen LogP contribution is 2.35. The maximum absolute atomic E-state index is 13.9. The molecule has 0 amide bonds. The topological polar surface area (TPSA) is 62.2 Å². The zero-order valence-electron chi connectivity index (χ0n) is 12.6. The Kier molecular flexibility index (Phi) is 3.58. The molecule has 4 nitrogen and oxygen atoms in total. The number of hydrogen-bond donors (Lipinski definition) is 2. The standard InChI is InChI=1S/C18H10F2N2O2S/c19-10-2-4-14(13(20)8-10)21-17-12-5-6-25-16(12)11-3-1-9(18(23)24)7-15(11)22-17/h1-8H,(H,21,22)(H,23,24). The number of benzene rings is 2. The number of nitrogens with zero attached hydrogens (tertiary/aromatic N) is 1. The monoisotopic (exact) mass is 356 g/mol.